The van der Waals surface area contributed by atoms with Crippen molar-refractivity contribution in [2.75, 3.05) is 13.1 Å². The Morgan fingerprint density at radius 1 is 1.19 bits per heavy atom. The molecule has 0 unspecified atom stereocenters. The zero-order valence-corrected chi connectivity index (χ0v) is 12.6. The Hall–Kier alpha value is -2.04. The van der Waals surface area contributed by atoms with E-state index in [1.165, 1.54) is 19.3 Å². The fourth-order valence-corrected chi connectivity index (χ4v) is 2.23. The molecule has 0 aromatic carbocycles. The third-order valence-corrected chi connectivity index (χ3v) is 3.40. The molecule has 0 radical (unpaired) electrons. The van der Waals surface area contributed by atoms with Gasteiger partial charge < -0.3 is 15.0 Å². The Kier molecular flexibility index (Phi) is 6.06. The zero-order valence-electron chi connectivity index (χ0n) is 12.6. The molecule has 0 aliphatic heterocycles. The predicted octanol–water partition coefficient (Wildman–Crippen LogP) is 2.76. The Morgan fingerprint density at radius 3 is 2.86 bits per heavy atom. The van der Waals surface area contributed by atoms with E-state index in [0.29, 0.717) is 6.54 Å². The van der Waals surface area contributed by atoms with Crippen LogP contribution in [0.15, 0.2) is 30.6 Å². The van der Waals surface area contributed by atoms with Crippen molar-refractivity contribution in [3.63, 3.8) is 0 Å². The van der Waals surface area contributed by atoms with E-state index in [-0.39, 0.29) is 6.03 Å². The van der Waals surface area contributed by atoms with E-state index in [9.17, 15) is 4.79 Å². The van der Waals surface area contributed by atoms with Crippen LogP contribution in [0, 0.1) is 0 Å². The second-order valence-corrected chi connectivity index (χ2v) is 5.19. The maximum absolute atomic E-state index is 11.6. The van der Waals surface area contributed by atoms with Gasteiger partial charge in [-0.2, -0.15) is 0 Å². The maximum atomic E-state index is 11.6. The molecule has 0 saturated carbocycles. The SMILES string of the molecule is CCCCCCNC(=O)NCCc1cn2ccccc2n1. The maximum Gasteiger partial charge on any atom is 0.314 e. The molecule has 0 fully saturated rings. The third-order valence-electron chi connectivity index (χ3n) is 3.40. The van der Waals surface area contributed by atoms with E-state index in [0.717, 1.165) is 30.7 Å². The molecular formula is C16H24N4O. The van der Waals surface area contributed by atoms with Crippen LogP contribution in [0.3, 0.4) is 0 Å². The number of unbranched alkanes of at least 4 members (excludes halogenated alkanes) is 3. The molecule has 2 N–H and O–H groups in total. The lowest BCUT2D eigenvalue weighted by Crippen LogP contribution is -2.37. The average molecular weight is 288 g/mol. The molecule has 114 valence electrons. The largest absolute Gasteiger partial charge is 0.338 e. The van der Waals surface area contributed by atoms with Gasteiger partial charge >= 0.3 is 6.03 Å². The molecule has 0 bridgehead atoms. The molecule has 0 aliphatic carbocycles. The first-order valence-corrected chi connectivity index (χ1v) is 7.74. The van der Waals surface area contributed by atoms with Crippen LogP contribution < -0.4 is 10.6 Å². The number of imidazole rings is 1. The number of carbonyl (C=O) groups excluding carboxylic acids is 1. The lowest BCUT2D eigenvalue weighted by atomic mass is 10.2. The summed E-state index contributed by atoms with van der Waals surface area (Å²) in [6, 6.07) is 5.83. The minimum absolute atomic E-state index is 0.0877. The van der Waals surface area contributed by atoms with Crippen molar-refractivity contribution in [1.82, 2.24) is 20.0 Å². The lowest BCUT2D eigenvalue weighted by Gasteiger charge is -2.06. The van der Waals surface area contributed by atoms with Crippen LogP contribution in [-0.2, 0) is 6.42 Å². The topological polar surface area (TPSA) is 58.4 Å². The van der Waals surface area contributed by atoms with Crippen LogP contribution in [0.4, 0.5) is 4.79 Å². The number of urea groups is 1. The van der Waals surface area contributed by atoms with Gasteiger partial charge in [-0.3, -0.25) is 0 Å². The number of nitrogens with one attached hydrogen (secondary N) is 2. The van der Waals surface area contributed by atoms with Crippen molar-refractivity contribution in [1.29, 1.82) is 0 Å². The van der Waals surface area contributed by atoms with Gasteiger partial charge in [-0.1, -0.05) is 32.3 Å². The van der Waals surface area contributed by atoms with Crippen LogP contribution in [0.1, 0.15) is 38.3 Å². The van der Waals surface area contributed by atoms with Crippen LogP contribution in [0.25, 0.3) is 5.65 Å². The number of fused-ring (bicyclic) bond motifs is 1. The van der Waals surface area contributed by atoms with Crippen molar-refractivity contribution >= 4 is 11.7 Å². The van der Waals surface area contributed by atoms with Crippen molar-refractivity contribution < 1.29 is 4.79 Å². The summed E-state index contributed by atoms with van der Waals surface area (Å²) in [6.45, 7) is 3.53. The molecule has 0 spiro atoms. The zero-order chi connectivity index (χ0) is 14.9. The first kappa shape index (κ1) is 15.4. The fourth-order valence-electron chi connectivity index (χ4n) is 2.23. The molecule has 2 heterocycles. The van der Waals surface area contributed by atoms with Gasteiger partial charge in [0.15, 0.2) is 0 Å². The summed E-state index contributed by atoms with van der Waals surface area (Å²) in [5.74, 6) is 0. The number of aromatic nitrogens is 2. The van der Waals surface area contributed by atoms with E-state index in [1.807, 2.05) is 35.0 Å². The highest BCUT2D eigenvalue weighted by Crippen LogP contribution is 2.04. The van der Waals surface area contributed by atoms with Gasteiger partial charge in [0.2, 0.25) is 0 Å². The highest BCUT2D eigenvalue weighted by Gasteiger charge is 2.02. The van der Waals surface area contributed by atoms with Crippen molar-refractivity contribution in [2.45, 2.75) is 39.0 Å². The van der Waals surface area contributed by atoms with Crippen molar-refractivity contribution in [2.24, 2.45) is 0 Å². The number of pyridine rings is 1. The molecule has 0 saturated heterocycles. The Balaban J connectivity index is 1.63. The number of carbonyl (C=O) groups is 1. The Bertz CT molecular complexity index is 531. The Labute approximate surface area is 125 Å². The number of hydrogen-bond acceptors (Lipinski definition) is 2. The van der Waals surface area contributed by atoms with Gasteiger partial charge in [0.25, 0.3) is 0 Å². The monoisotopic (exact) mass is 288 g/mol. The molecule has 2 aromatic rings. The summed E-state index contributed by atoms with van der Waals surface area (Å²) >= 11 is 0. The van der Waals surface area contributed by atoms with E-state index >= 15 is 0 Å². The summed E-state index contributed by atoms with van der Waals surface area (Å²) in [5.41, 5.74) is 1.93. The van der Waals surface area contributed by atoms with Crippen molar-refractivity contribution in [3.8, 4) is 0 Å². The lowest BCUT2D eigenvalue weighted by molar-refractivity contribution is 0.241. The van der Waals surface area contributed by atoms with Crippen LogP contribution >= 0.6 is 0 Å². The van der Waals surface area contributed by atoms with E-state index in [1.54, 1.807) is 0 Å². The summed E-state index contributed by atoms with van der Waals surface area (Å²) in [6.07, 6.45) is 9.39. The molecule has 21 heavy (non-hydrogen) atoms. The van der Waals surface area contributed by atoms with E-state index < -0.39 is 0 Å². The van der Waals surface area contributed by atoms with Gasteiger partial charge in [-0.05, 0) is 18.6 Å². The molecule has 2 aromatic heterocycles. The van der Waals surface area contributed by atoms with Gasteiger partial charge in [0, 0.05) is 31.9 Å². The van der Waals surface area contributed by atoms with Gasteiger partial charge in [0.05, 0.1) is 5.69 Å². The summed E-state index contributed by atoms with van der Waals surface area (Å²) in [7, 11) is 0. The van der Waals surface area contributed by atoms with E-state index in [2.05, 4.69) is 22.5 Å². The summed E-state index contributed by atoms with van der Waals surface area (Å²) in [4.78, 5) is 16.1. The Morgan fingerprint density at radius 2 is 2.05 bits per heavy atom. The predicted molar refractivity (Wildman–Crippen MR) is 84.4 cm³/mol. The summed E-state index contributed by atoms with van der Waals surface area (Å²) in [5, 5.41) is 5.75. The van der Waals surface area contributed by atoms with Crippen LogP contribution in [0.2, 0.25) is 0 Å². The fraction of sp³-hybridized carbons (Fsp3) is 0.500. The highest BCUT2D eigenvalue weighted by molar-refractivity contribution is 5.73. The van der Waals surface area contributed by atoms with Gasteiger partial charge in [-0.25, -0.2) is 9.78 Å². The first-order valence-electron chi connectivity index (χ1n) is 7.74. The van der Waals surface area contributed by atoms with Crippen molar-refractivity contribution in [3.05, 3.63) is 36.3 Å². The molecule has 2 amide bonds. The number of rotatable bonds is 8. The number of nitrogens with zero attached hydrogens (tertiary/aromatic N) is 2. The molecule has 0 aliphatic rings. The third kappa shape index (κ3) is 5.10. The number of hydrogen-bond donors (Lipinski definition) is 2. The minimum atomic E-state index is -0.0877. The normalized spacial score (nSPS) is 10.7. The minimum Gasteiger partial charge on any atom is -0.338 e. The second-order valence-electron chi connectivity index (χ2n) is 5.19. The second kappa shape index (κ2) is 8.29. The average Bonchev–Trinajstić information content (AvgIpc) is 2.89. The van der Waals surface area contributed by atoms with Crippen LogP contribution in [0.5, 0.6) is 0 Å². The smallest absolute Gasteiger partial charge is 0.314 e. The first-order chi connectivity index (χ1) is 10.3. The molecule has 2 rings (SSSR count). The standard InChI is InChI=1S/C16H24N4O/c1-2-3-4-6-10-17-16(21)18-11-9-14-13-20-12-7-5-8-15(20)19-14/h5,7-8,12-13H,2-4,6,9-11H2,1H3,(H2,17,18,21). The molecule has 5 heteroatoms. The molecule has 0 atom stereocenters. The number of amides is 2. The van der Waals surface area contributed by atoms with E-state index in [4.69, 9.17) is 0 Å². The molecular weight excluding hydrogens is 264 g/mol. The molecule has 5 nitrogen and oxygen atoms in total. The quantitative estimate of drug-likeness (QED) is 0.734. The van der Waals surface area contributed by atoms with Crippen LogP contribution in [-0.4, -0.2) is 28.5 Å². The highest BCUT2D eigenvalue weighted by atomic mass is 16.2. The van der Waals surface area contributed by atoms with Gasteiger partial charge in [0.1, 0.15) is 5.65 Å². The van der Waals surface area contributed by atoms with Gasteiger partial charge in [-0.15, -0.1) is 0 Å². The summed E-state index contributed by atoms with van der Waals surface area (Å²) < 4.78 is 1.99.